The van der Waals surface area contributed by atoms with Crippen molar-refractivity contribution < 1.29 is 72.2 Å². The van der Waals surface area contributed by atoms with Gasteiger partial charge in [-0.2, -0.15) is 0 Å². The molecule has 1 aromatic heterocycles. The van der Waals surface area contributed by atoms with Gasteiger partial charge in [0.1, 0.15) is 72.5 Å². The zero-order chi connectivity index (χ0) is 96.1. The lowest BCUT2D eigenvalue weighted by Crippen LogP contribution is -2.61. The Morgan fingerprint density at radius 2 is 0.648 bits per heavy atom. The Bertz CT molecular complexity index is 3960. The number of carboxylic acids is 1. The first-order chi connectivity index (χ1) is 60.5. The van der Waals surface area contributed by atoms with E-state index in [-0.39, 0.29) is 197 Å². The first-order valence-corrected chi connectivity index (χ1v) is 43.7. The maximum Gasteiger partial charge on any atom is 0.326 e. The van der Waals surface area contributed by atoms with Crippen molar-refractivity contribution in [2.45, 2.75) is 263 Å². The van der Waals surface area contributed by atoms with E-state index in [4.69, 9.17) is 72.9 Å². The third kappa shape index (κ3) is 45.6. The molecule has 0 aliphatic rings. The van der Waals surface area contributed by atoms with Gasteiger partial charge in [0, 0.05) is 56.2 Å². The largest absolute Gasteiger partial charge is 0.480 e. The molecule has 0 unspecified atom stereocenters. The molecule has 2 rings (SSSR count). The third-order valence-corrected chi connectivity index (χ3v) is 20.4. The minimum atomic E-state index is -1.49. The summed E-state index contributed by atoms with van der Waals surface area (Å²) in [7, 11) is 0. The number of aliphatic carboxylic acids is 1. The summed E-state index contributed by atoms with van der Waals surface area (Å²) in [6.07, 6.45) is 3.18. The lowest BCUT2D eigenvalue weighted by atomic mass is 9.96. The number of fused-ring (bicyclic) bond motifs is 1. The molecule has 128 heavy (non-hydrogen) atoms. The molecule has 13 amide bonds. The minimum Gasteiger partial charge on any atom is -0.480 e. The molecule has 0 saturated heterocycles. The topological polar surface area (TPSA) is 819 Å². The van der Waals surface area contributed by atoms with Crippen LogP contribution in [0.15, 0.2) is 30.5 Å². The highest BCUT2D eigenvalue weighted by atomic mass is 16.4. The van der Waals surface area contributed by atoms with Crippen molar-refractivity contribution in [2.75, 3.05) is 58.9 Å². The monoisotopic (exact) mass is 1810 g/mol. The van der Waals surface area contributed by atoms with Crippen LogP contribution >= 0.6 is 0 Å². The molecule has 1 aromatic carbocycles. The van der Waals surface area contributed by atoms with Gasteiger partial charge in [-0.3, -0.25) is 89.4 Å². The fraction of sp³-hybridized carbons (Fsp3) is 0.667. The summed E-state index contributed by atoms with van der Waals surface area (Å²) in [6, 6.07) is -9.57. The highest BCUT2D eigenvalue weighted by Gasteiger charge is 2.39. The maximum absolute atomic E-state index is 15.0. The summed E-state index contributed by atoms with van der Waals surface area (Å²) < 4.78 is 0. The van der Waals surface area contributed by atoms with E-state index >= 15 is 0 Å². The van der Waals surface area contributed by atoms with Crippen LogP contribution < -0.4 is 142 Å². The van der Waals surface area contributed by atoms with Crippen molar-refractivity contribution in [1.29, 1.82) is 27.0 Å². The number of nitrogens with one attached hydrogen (secondary N) is 24. The molecule has 0 spiro atoms. The van der Waals surface area contributed by atoms with Crippen LogP contribution in [0.5, 0.6) is 0 Å². The van der Waals surface area contributed by atoms with Crippen LogP contribution in [0.4, 0.5) is 0 Å². The number of carbonyl (C=O) groups is 14. The molecule has 1 heterocycles. The molecule has 2 aromatic rings. The van der Waals surface area contributed by atoms with Gasteiger partial charge >= 0.3 is 5.97 Å². The van der Waals surface area contributed by atoms with Gasteiger partial charge in [-0.25, -0.2) is 4.79 Å². The molecule has 0 radical (unpaired) electrons. The fourth-order valence-electron chi connectivity index (χ4n) is 13.5. The summed E-state index contributed by atoms with van der Waals surface area (Å²) >= 11 is 0. The second-order valence-electron chi connectivity index (χ2n) is 32.9. The van der Waals surface area contributed by atoms with E-state index in [9.17, 15) is 72.2 Å². The number of nitrogens with two attached hydrogens (primary N) is 8. The number of hydrogen-bond donors (Lipinski definition) is 33. The highest BCUT2D eigenvalue weighted by Crippen LogP contribution is 2.21. The van der Waals surface area contributed by atoms with E-state index in [1.165, 1.54) is 0 Å². The predicted molar refractivity (Wildman–Crippen MR) is 484 cm³/mol. The van der Waals surface area contributed by atoms with E-state index in [1.54, 1.807) is 72.0 Å². The molecular weight excluding hydrogens is 1660 g/mol. The quantitative estimate of drug-likeness (QED) is 0.0167. The molecule has 0 aliphatic heterocycles. The van der Waals surface area contributed by atoms with Crippen LogP contribution in [-0.2, 0) is 73.5 Å². The lowest BCUT2D eigenvalue weighted by molar-refractivity contribution is -0.142. The van der Waals surface area contributed by atoms with Crippen molar-refractivity contribution in [3.63, 3.8) is 0 Å². The molecule has 0 aliphatic carbocycles. The zero-order valence-corrected chi connectivity index (χ0v) is 75.1. The normalized spacial score (nSPS) is 14.2. The van der Waals surface area contributed by atoms with E-state index < -0.39 is 186 Å². The Kier molecular flexibility index (Phi) is 53.3. The van der Waals surface area contributed by atoms with Crippen LogP contribution in [0.3, 0.4) is 0 Å². The third-order valence-electron chi connectivity index (χ3n) is 20.4. The Morgan fingerprint density at radius 3 is 1.01 bits per heavy atom. The second kappa shape index (κ2) is 61.1. The highest BCUT2D eigenvalue weighted by molar-refractivity contribution is 6.00. The minimum absolute atomic E-state index is 0.0228. The number of aromatic amines is 1. The molecule has 47 nitrogen and oxygen atoms in total. The average molecular weight is 1810 g/mol. The van der Waals surface area contributed by atoms with Gasteiger partial charge in [0.2, 0.25) is 76.8 Å². The SMILES string of the molecule is CC[C@H](C)[C@H](NC(=O)[C@H](CCCCN)NC(=O)[C@H](CCCNC(=N)N)NC(=O)[C@H](CC(C)C)NC(=O)[C@H](CC(C)C)NC(=O)[C@H](CCCNC(=N)N)NC(=O)[C@H](CCCNC(=N)N)NC(=O)[C@H](CC(C)C)NC(=O)CN)C(=O)N[C@@H](CCCNC(=N)N)C(=O)NCC(=O)N[C@@H](CCCNC(=N)N)C(=O)N[C@@H](Cc1c[nH]c2ccccc12)C(=O)N[C@@H](CCCCN)C(=O)O. The van der Waals surface area contributed by atoms with Gasteiger partial charge in [0.05, 0.1) is 13.1 Å². The molecule has 47 heteroatoms. The summed E-state index contributed by atoms with van der Waals surface area (Å²) in [5.74, 6) is -15.7. The maximum atomic E-state index is 15.0. The van der Waals surface area contributed by atoms with E-state index in [2.05, 4.69) is 101 Å². The number of benzene rings is 1. The number of unbranched alkanes of at least 4 members (excludes halogenated alkanes) is 2. The number of carboxylic acid groups (broad SMARTS) is 1. The van der Waals surface area contributed by atoms with Crippen LogP contribution in [0.25, 0.3) is 10.9 Å². The van der Waals surface area contributed by atoms with Crippen molar-refractivity contribution in [2.24, 2.45) is 69.5 Å². The number of amides is 13. The summed E-state index contributed by atoms with van der Waals surface area (Å²) in [5, 5.41) is 97.2. The number of hydrogen-bond acceptors (Lipinski definition) is 22. The first kappa shape index (κ1) is 112. The van der Waals surface area contributed by atoms with Gasteiger partial charge in [0.15, 0.2) is 29.8 Å². The van der Waals surface area contributed by atoms with Gasteiger partial charge in [-0.15, -0.1) is 0 Å². The molecule has 0 bridgehead atoms. The summed E-state index contributed by atoms with van der Waals surface area (Å²) in [5.41, 5.74) is 46.2. The smallest absolute Gasteiger partial charge is 0.326 e. The molecular formula is C81H146N32O15. The van der Waals surface area contributed by atoms with E-state index in [0.717, 1.165) is 0 Å². The van der Waals surface area contributed by atoms with Crippen molar-refractivity contribution in [3.8, 4) is 0 Å². The Labute approximate surface area is 747 Å². The Balaban J connectivity index is 2.63. The number of H-pyrrole nitrogens is 1. The number of guanidine groups is 5. The number of para-hydroxylation sites is 1. The number of carbonyl (C=O) groups excluding carboxylic acids is 13. The van der Waals surface area contributed by atoms with Crippen molar-refractivity contribution in [1.82, 2.24) is 101 Å². The van der Waals surface area contributed by atoms with Crippen molar-refractivity contribution >= 4 is 123 Å². The van der Waals surface area contributed by atoms with Crippen LogP contribution in [0.1, 0.15) is 189 Å². The molecule has 41 N–H and O–H groups in total. The summed E-state index contributed by atoms with van der Waals surface area (Å²) in [4.78, 5) is 203. The number of rotatable bonds is 65. The second-order valence-corrected chi connectivity index (χ2v) is 32.9. The standard InChI is InChI=1S/C81H146N32O15/c1-9-47(8)64(75(126)108-51(25-16-32-95-77(85)86)65(116)101-43-63(115)102-52(26-17-33-96-78(87)88)66(117)112-61(40-48-42-100-50-22-11-10-21-49(48)50)74(125)109-57(76(127)128)24-13-15-31-83)113-70(121)53(23-12-14-30-82)104-67(118)55(28-19-35-98-80(91)92)107-72(123)59(38-45(4)5)111-73(124)60(39-46(6)7)110-69(120)56(29-20-36-99-81(93)94)105-68(119)54(27-18-34-97-79(89)90)106-71(122)58(37-44(2)3)103-62(114)41-84/h10-11,21-22,42,44-47,51-61,64,100H,9,12-20,23-41,43,82-84H2,1-8H3,(H,101,116)(H,102,115)(H,103,114)(H,104,118)(H,105,119)(H,106,122)(H,107,123)(H,108,126)(H,109,125)(H,110,120)(H,111,124)(H,112,117)(H,113,121)(H,127,128)(H4,85,86,95)(H4,87,88,96)(H4,89,90,97)(H4,91,92,98)(H4,93,94,99)/t47-,51-,52-,53-,54-,55-,56-,57-,58-,59-,60-,61-,64-/m0/s1. The van der Waals surface area contributed by atoms with Crippen molar-refractivity contribution in [3.05, 3.63) is 36.0 Å². The van der Waals surface area contributed by atoms with Crippen LogP contribution in [0, 0.1) is 50.7 Å². The zero-order valence-electron chi connectivity index (χ0n) is 75.1. The van der Waals surface area contributed by atoms with Crippen LogP contribution in [-0.4, -0.2) is 254 Å². The molecule has 720 valence electrons. The Hall–Kier alpha value is -12.4. The van der Waals surface area contributed by atoms with E-state index in [0.29, 0.717) is 35.7 Å². The fourth-order valence-corrected chi connectivity index (χ4v) is 13.5. The van der Waals surface area contributed by atoms with Gasteiger partial charge < -0.3 is 152 Å². The number of aromatic nitrogens is 1. The molecule has 0 fully saturated rings. The van der Waals surface area contributed by atoms with Gasteiger partial charge in [-0.05, 0) is 170 Å². The predicted octanol–water partition coefficient (Wildman–Crippen LogP) is -5.55. The van der Waals surface area contributed by atoms with Gasteiger partial charge in [-0.1, -0.05) is 80.0 Å². The van der Waals surface area contributed by atoms with E-state index in [1.807, 2.05) is 13.8 Å². The molecule has 13 atom stereocenters. The average Bonchev–Trinajstić information content (AvgIpc) is 1.68. The van der Waals surface area contributed by atoms with Gasteiger partial charge in [0.25, 0.3) is 0 Å². The van der Waals surface area contributed by atoms with Crippen LogP contribution in [0.2, 0.25) is 0 Å². The molecule has 0 saturated carbocycles. The lowest BCUT2D eigenvalue weighted by Gasteiger charge is -2.30. The Morgan fingerprint density at radius 1 is 0.352 bits per heavy atom. The first-order valence-electron chi connectivity index (χ1n) is 43.7. The summed E-state index contributed by atoms with van der Waals surface area (Å²) in [6.45, 7) is 13.5.